The SMILES string of the molecule is COc1cc(OC)cc(C(=O)CCCc2cccs2)c1. The monoisotopic (exact) mass is 290 g/mol. The van der Waals surface area contributed by atoms with Gasteiger partial charge in [-0.25, -0.2) is 0 Å². The molecule has 0 saturated heterocycles. The van der Waals surface area contributed by atoms with E-state index in [1.54, 1.807) is 43.8 Å². The highest BCUT2D eigenvalue weighted by Crippen LogP contribution is 2.24. The maximum atomic E-state index is 12.2. The molecule has 1 aromatic carbocycles. The smallest absolute Gasteiger partial charge is 0.163 e. The maximum absolute atomic E-state index is 12.2. The minimum Gasteiger partial charge on any atom is -0.497 e. The first-order valence-corrected chi connectivity index (χ1v) is 7.39. The number of thiophene rings is 1. The Hall–Kier alpha value is -1.81. The summed E-state index contributed by atoms with van der Waals surface area (Å²) in [6, 6.07) is 9.42. The van der Waals surface area contributed by atoms with E-state index in [-0.39, 0.29) is 5.78 Å². The Balaban J connectivity index is 1.97. The Bertz CT molecular complexity index is 539. The number of hydrogen-bond acceptors (Lipinski definition) is 4. The molecule has 20 heavy (non-hydrogen) atoms. The van der Waals surface area contributed by atoms with Crippen LogP contribution in [0.3, 0.4) is 0 Å². The maximum Gasteiger partial charge on any atom is 0.163 e. The first-order valence-electron chi connectivity index (χ1n) is 6.51. The zero-order valence-electron chi connectivity index (χ0n) is 11.7. The number of hydrogen-bond donors (Lipinski definition) is 0. The quantitative estimate of drug-likeness (QED) is 0.724. The molecule has 3 nitrogen and oxygen atoms in total. The van der Waals surface area contributed by atoms with Gasteiger partial charge < -0.3 is 9.47 Å². The lowest BCUT2D eigenvalue weighted by Crippen LogP contribution is -2.01. The van der Waals surface area contributed by atoms with E-state index in [2.05, 4.69) is 11.4 Å². The molecule has 0 aliphatic carbocycles. The number of ketones is 1. The summed E-state index contributed by atoms with van der Waals surface area (Å²) in [6.45, 7) is 0. The van der Waals surface area contributed by atoms with Crippen LogP contribution in [0.25, 0.3) is 0 Å². The van der Waals surface area contributed by atoms with Gasteiger partial charge in [-0.15, -0.1) is 11.3 Å². The first kappa shape index (κ1) is 14.6. The Labute approximate surface area is 123 Å². The molecule has 0 fully saturated rings. The number of carbonyl (C=O) groups is 1. The number of benzene rings is 1. The van der Waals surface area contributed by atoms with Gasteiger partial charge in [0, 0.05) is 22.9 Å². The molecule has 0 amide bonds. The van der Waals surface area contributed by atoms with E-state index in [9.17, 15) is 4.79 Å². The van der Waals surface area contributed by atoms with Crippen LogP contribution in [0.5, 0.6) is 11.5 Å². The highest BCUT2D eigenvalue weighted by atomic mass is 32.1. The van der Waals surface area contributed by atoms with Crippen LogP contribution >= 0.6 is 11.3 Å². The normalized spacial score (nSPS) is 10.3. The predicted octanol–water partition coefficient (Wildman–Crippen LogP) is 3.97. The number of aryl methyl sites for hydroxylation is 1. The molecule has 0 bridgehead atoms. The van der Waals surface area contributed by atoms with Crippen molar-refractivity contribution >= 4 is 17.1 Å². The van der Waals surface area contributed by atoms with Crippen molar-refractivity contribution in [3.05, 3.63) is 46.2 Å². The molecule has 0 atom stereocenters. The highest BCUT2D eigenvalue weighted by molar-refractivity contribution is 7.09. The van der Waals surface area contributed by atoms with E-state index in [1.165, 1.54) is 4.88 Å². The van der Waals surface area contributed by atoms with Gasteiger partial charge in [0.1, 0.15) is 11.5 Å². The summed E-state index contributed by atoms with van der Waals surface area (Å²) in [5, 5.41) is 2.06. The van der Waals surface area contributed by atoms with Crippen molar-refractivity contribution in [1.82, 2.24) is 0 Å². The van der Waals surface area contributed by atoms with E-state index >= 15 is 0 Å². The summed E-state index contributed by atoms with van der Waals surface area (Å²) in [6.07, 6.45) is 2.34. The summed E-state index contributed by atoms with van der Waals surface area (Å²) in [5.74, 6) is 1.41. The van der Waals surface area contributed by atoms with E-state index < -0.39 is 0 Å². The van der Waals surface area contributed by atoms with Crippen molar-refractivity contribution in [2.24, 2.45) is 0 Å². The molecule has 0 spiro atoms. The third-order valence-electron chi connectivity index (χ3n) is 3.08. The first-order chi connectivity index (χ1) is 9.72. The second-order valence-electron chi connectivity index (χ2n) is 4.46. The topological polar surface area (TPSA) is 35.5 Å². The summed E-state index contributed by atoms with van der Waals surface area (Å²) in [5.41, 5.74) is 0.646. The Morgan fingerprint density at radius 2 is 1.85 bits per heavy atom. The molecule has 1 aromatic heterocycles. The minimum atomic E-state index is 0.124. The van der Waals surface area contributed by atoms with Gasteiger partial charge in [-0.05, 0) is 36.4 Å². The van der Waals surface area contributed by atoms with Crippen molar-refractivity contribution in [2.75, 3.05) is 14.2 Å². The Morgan fingerprint density at radius 1 is 1.15 bits per heavy atom. The minimum absolute atomic E-state index is 0.124. The lowest BCUT2D eigenvalue weighted by Gasteiger charge is -2.07. The predicted molar refractivity (Wildman–Crippen MR) is 81.1 cm³/mol. The summed E-state index contributed by atoms with van der Waals surface area (Å²) in [7, 11) is 3.17. The molecule has 2 rings (SSSR count). The summed E-state index contributed by atoms with van der Waals surface area (Å²) in [4.78, 5) is 13.5. The number of Topliss-reactive ketones (excluding diaryl/α,β-unsaturated/α-hetero) is 1. The summed E-state index contributed by atoms with van der Waals surface area (Å²) < 4.78 is 10.4. The van der Waals surface area contributed by atoms with Crippen molar-refractivity contribution in [2.45, 2.75) is 19.3 Å². The van der Waals surface area contributed by atoms with Gasteiger partial charge >= 0.3 is 0 Å². The molecule has 0 saturated carbocycles. The van der Waals surface area contributed by atoms with Crippen LogP contribution in [0.2, 0.25) is 0 Å². The molecule has 0 aliphatic rings. The van der Waals surface area contributed by atoms with Crippen LogP contribution in [0.15, 0.2) is 35.7 Å². The van der Waals surface area contributed by atoms with Crippen molar-refractivity contribution in [3.63, 3.8) is 0 Å². The van der Waals surface area contributed by atoms with Crippen molar-refractivity contribution in [3.8, 4) is 11.5 Å². The Morgan fingerprint density at radius 3 is 2.40 bits per heavy atom. The number of ether oxygens (including phenoxy) is 2. The van der Waals surface area contributed by atoms with Crippen LogP contribution in [-0.4, -0.2) is 20.0 Å². The lowest BCUT2D eigenvalue weighted by molar-refractivity contribution is 0.0979. The van der Waals surface area contributed by atoms with Crippen LogP contribution in [0.1, 0.15) is 28.1 Å². The zero-order valence-corrected chi connectivity index (χ0v) is 12.5. The fourth-order valence-electron chi connectivity index (χ4n) is 1.99. The second kappa shape index (κ2) is 7.10. The standard InChI is InChI=1S/C16H18O3S/c1-18-13-9-12(10-14(11-13)19-2)16(17)7-3-5-15-6-4-8-20-15/h4,6,8-11H,3,5,7H2,1-2H3. The third kappa shape index (κ3) is 3.84. The van der Waals surface area contributed by atoms with Crippen LogP contribution < -0.4 is 9.47 Å². The van der Waals surface area contributed by atoms with Gasteiger partial charge in [-0.1, -0.05) is 6.07 Å². The van der Waals surface area contributed by atoms with E-state index in [0.29, 0.717) is 23.5 Å². The molecule has 0 radical (unpaired) electrons. The second-order valence-corrected chi connectivity index (χ2v) is 5.49. The van der Waals surface area contributed by atoms with Gasteiger partial charge in [-0.2, -0.15) is 0 Å². The number of rotatable bonds is 7. The van der Waals surface area contributed by atoms with Crippen molar-refractivity contribution < 1.29 is 14.3 Å². The fraction of sp³-hybridized carbons (Fsp3) is 0.312. The highest BCUT2D eigenvalue weighted by Gasteiger charge is 2.10. The Kier molecular flexibility index (Phi) is 5.18. The van der Waals surface area contributed by atoms with Gasteiger partial charge in [0.25, 0.3) is 0 Å². The summed E-state index contributed by atoms with van der Waals surface area (Å²) >= 11 is 1.73. The molecule has 0 N–H and O–H groups in total. The van der Waals surface area contributed by atoms with Crippen LogP contribution in [-0.2, 0) is 6.42 Å². The average molecular weight is 290 g/mol. The molecule has 4 heteroatoms. The largest absolute Gasteiger partial charge is 0.497 e. The van der Waals surface area contributed by atoms with Crippen LogP contribution in [0, 0.1) is 0 Å². The fourth-order valence-corrected chi connectivity index (χ4v) is 2.74. The van der Waals surface area contributed by atoms with Gasteiger partial charge in [0.2, 0.25) is 0 Å². The molecule has 106 valence electrons. The average Bonchev–Trinajstić information content (AvgIpc) is 2.99. The molecule has 0 unspecified atom stereocenters. The molecular formula is C16H18O3S. The zero-order chi connectivity index (χ0) is 14.4. The third-order valence-corrected chi connectivity index (χ3v) is 4.02. The van der Waals surface area contributed by atoms with Crippen molar-refractivity contribution in [1.29, 1.82) is 0 Å². The molecule has 1 heterocycles. The van der Waals surface area contributed by atoms with E-state index in [0.717, 1.165) is 12.8 Å². The number of carbonyl (C=O) groups excluding carboxylic acids is 1. The van der Waals surface area contributed by atoms with Gasteiger partial charge in [0.05, 0.1) is 14.2 Å². The van der Waals surface area contributed by atoms with E-state index in [4.69, 9.17) is 9.47 Å². The van der Waals surface area contributed by atoms with E-state index in [1.807, 2.05) is 6.07 Å². The van der Waals surface area contributed by atoms with Gasteiger partial charge in [-0.3, -0.25) is 4.79 Å². The van der Waals surface area contributed by atoms with Gasteiger partial charge in [0.15, 0.2) is 5.78 Å². The van der Waals surface area contributed by atoms with Crippen LogP contribution in [0.4, 0.5) is 0 Å². The molecule has 0 aliphatic heterocycles. The lowest BCUT2D eigenvalue weighted by atomic mass is 10.0. The molecule has 2 aromatic rings. The molecular weight excluding hydrogens is 272 g/mol. The number of methoxy groups -OCH3 is 2.